The third kappa shape index (κ3) is 4.83. The van der Waals surface area contributed by atoms with Crippen molar-refractivity contribution in [3.63, 3.8) is 0 Å². The van der Waals surface area contributed by atoms with Crippen LogP contribution in [0.4, 0.5) is 4.39 Å². The van der Waals surface area contributed by atoms with Crippen LogP contribution in [0.5, 0.6) is 0 Å². The van der Waals surface area contributed by atoms with Crippen molar-refractivity contribution >= 4 is 17.3 Å². The van der Waals surface area contributed by atoms with Gasteiger partial charge in [0.25, 0.3) is 0 Å². The Kier molecular flexibility index (Phi) is 5.69. The van der Waals surface area contributed by atoms with Crippen molar-refractivity contribution in [2.75, 3.05) is 6.54 Å². The van der Waals surface area contributed by atoms with E-state index in [1.54, 1.807) is 12.1 Å². The van der Waals surface area contributed by atoms with E-state index in [0.29, 0.717) is 11.7 Å². The minimum absolute atomic E-state index is 0.222. The Morgan fingerprint density at radius 1 is 1.05 bits per heavy atom. The lowest BCUT2D eigenvalue weighted by Crippen LogP contribution is -2.38. The zero-order chi connectivity index (χ0) is 15.1. The minimum Gasteiger partial charge on any atom is -0.358 e. The maximum absolute atomic E-state index is 12.9. The van der Waals surface area contributed by atoms with Crippen LogP contribution in [0.15, 0.2) is 54.6 Å². The smallest absolute Gasteiger partial charge is 0.169 e. The highest BCUT2D eigenvalue weighted by molar-refractivity contribution is 7.80. The Morgan fingerprint density at radius 3 is 2.33 bits per heavy atom. The van der Waals surface area contributed by atoms with Gasteiger partial charge in [-0.2, -0.15) is 0 Å². The molecule has 0 saturated carbocycles. The summed E-state index contributed by atoms with van der Waals surface area (Å²) in [5.41, 5.74) is 2.24. The topological polar surface area (TPSA) is 15.3 Å². The average molecular weight is 302 g/mol. The summed E-state index contributed by atoms with van der Waals surface area (Å²) in [5, 5.41) is 3.94. The van der Waals surface area contributed by atoms with Crippen molar-refractivity contribution in [2.24, 2.45) is 0 Å². The Hall–Kier alpha value is -1.94. The highest BCUT2D eigenvalue weighted by atomic mass is 32.1. The molecule has 2 rings (SSSR count). The van der Waals surface area contributed by atoms with Gasteiger partial charge in [0.2, 0.25) is 0 Å². The molecule has 1 N–H and O–H groups in total. The van der Waals surface area contributed by atoms with E-state index in [0.717, 1.165) is 18.7 Å². The number of halogens is 1. The van der Waals surface area contributed by atoms with Crippen molar-refractivity contribution in [1.82, 2.24) is 10.2 Å². The summed E-state index contributed by atoms with van der Waals surface area (Å²) < 4.78 is 12.9. The average Bonchev–Trinajstić information content (AvgIpc) is 2.52. The number of hydrogen-bond acceptors (Lipinski definition) is 1. The first-order chi connectivity index (χ1) is 10.2. The fourth-order valence-electron chi connectivity index (χ4n) is 2.02. The summed E-state index contributed by atoms with van der Waals surface area (Å²) in [6, 6.07) is 16.7. The normalized spacial score (nSPS) is 10.2. The Balaban J connectivity index is 1.89. The van der Waals surface area contributed by atoms with Gasteiger partial charge in [-0.15, -0.1) is 0 Å². The van der Waals surface area contributed by atoms with E-state index in [-0.39, 0.29) is 5.82 Å². The Bertz CT molecular complexity index is 569. The summed E-state index contributed by atoms with van der Waals surface area (Å²) >= 11 is 5.44. The number of benzene rings is 2. The van der Waals surface area contributed by atoms with E-state index < -0.39 is 0 Å². The maximum atomic E-state index is 12.9. The van der Waals surface area contributed by atoms with Gasteiger partial charge in [0, 0.05) is 19.6 Å². The lowest BCUT2D eigenvalue weighted by Gasteiger charge is -2.24. The van der Waals surface area contributed by atoms with Gasteiger partial charge in [-0.1, -0.05) is 42.5 Å². The second-order valence-electron chi connectivity index (χ2n) is 4.78. The molecule has 0 saturated heterocycles. The van der Waals surface area contributed by atoms with Crippen LogP contribution in [-0.4, -0.2) is 16.6 Å². The van der Waals surface area contributed by atoms with E-state index in [2.05, 4.69) is 29.3 Å². The summed E-state index contributed by atoms with van der Waals surface area (Å²) in [6.45, 7) is 4.30. The second kappa shape index (κ2) is 7.74. The molecule has 110 valence electrons. The van der Waals surface area contributed by atoms with Crippen LogP contribution in [0.1, 0.15) is 18.1 Å². The van der Waals surface area contributed by atoms with Crippen molar-refractivity contribution in [2.45, 2.75) is 20.0 Å². The van der Waals surface area contributed by atoms with Crippen LogP contribution in [0.3, 0.4) is 0 Å². The molecule has 0 aliphatic rings. The van der Waals surface area contributed by atoms with Crippen LogP contribution in [0.2, 0.25) is 0 Å². The van der Waals surface area contributed by atoms with E-state index >= 15 is 0 Å². The molecule has 0 heterocycles. The maximum Gasteiger partial charge on any atom is 0.169 e. The number of hydrogen-bond donors (Lipinski definition) is 1. The highest BCUT2D eigenvalue weighted by Gasteiger charge is 2.07. The summed E-state index contributed by atoms with van der Waals surface area (Å²) in [4.78, 5) is 2.11. The predicted octanol–water partition coefficient (Wildman–Crippen LogP) is 3.72. The van der Waals surface area contributed by atoms with Crippen molar-refractivity contribution in [1.29, 1.82) is 0 Å². The molecule has 2 nitrogen and oxygen atoms in total. The summed E-state index contributed by atoms with van der Waals surface area (Å²) in [5.74, 6) is -0.222. The molecular formula is C17H19FN2S. The standard InChI is InChI=1S/C17H19FN2S/c1-2-20(13-15-6-4-3-5-7-15)17(21)19-12-14-8-10-16(18)11-9-14/h3-11H,2,12-13H2,1H3,(H,19,21). The minimum atomic E-state index is -0.222. The first-order valence-corrected chi connectivity index (χ1v) is 7.41. The fourth-order valence-corrected chi connectivity index (χ4v) is 2.29. The van der Waals surface area contributed by atoms with Crippen LogP contribution in [-0.2, 0) is 13.1 Å². The van der Waals surface area contributed by atoms with Crippen molar-refractivity contribution < 1.29 is 4.39 Å². The number of nitrogens with zero attached hydrogens (tertiary/aromatic N) is 1. The predicted molar refractivity (Wildman–Crippen MR) is 88.4 cm³/mol. The molecule has 0 amide bonds. The molecule has 0 atom stereocenters. The fraction of sp³-hybridized carbons (Fsp3) is 0.235. The van der Waals surface area contributed by atoms with Gasteiger partial charge in [-0.25, -0.2) is 4.39 Å². The number of nitrogens with one attached hydrogen (secondary N) is 1. The molecule has 0 aromatic heterocycles. The number of thiocarbonyl (C=S) groups is 1. The van der Waals surface area contributed by atoms with Gasteiger partial charge in [-0.05, 0) is 42.4 Å². The highest BCUT2D eigenvalue weighted by Crippen LogP contribution is 2.06. The Morgan fingerprint density at radius 2 is 1.71 bits per heavy atom. The second-order valence-corrected chi connectivity index (χ2v) is 5.17. The molecule has 0 radical (unpaired) electrons. The van der Waals surface area contributed by atoms with Gasteiger partial charge in [-0.3, -0.25) is 0 Å². The molecule has 0 aliphatic carbocycles. The lowest BCUT2D eigenvalue weighted by atomic mass is 10.2. The van der Waals surface area contributed by atoms with E-state index in [4.69, 9.17) is 12.2 Å². The monoisotopic (exact) mass is 302 g/mol. The van der Waals surface area contributed by atoms with Gasteiger partial charge in [0.1, 0.15) is 5.82 Å². The van der Waals surface area contributed by atoms with Crippen LogP contribution in [0, 0.1) is 5.82 Å². The molecule has 0 aliphatic heterocycles. The van der Waals surface area contributed by atoms with Crippen LogP contribution < -0.4 is 5.32 Å². The van der Waals surface area contributed by atoms with E-state index in [9.17, 15) is 4.39 Å². The zero-order valence-corrected chi connectivity index (χ0v) is 12.9. The molecule has 2 aromatic rings. The lowest BCUT2D eigenvalue weighted by molar-refractivity contribution is 0.427. The van der Waals surface area contributed by atoms with Gasteiger partial charge >= 0.3 is 0 Å². The first-order valence-electron chi connectivity index (χ1n) is 7.00. The molecule has 0 bridgehead atoms. The molecule has 0 spiro atoms. The third-order valence-corrected chi connectivity index (χ3v) is 3.64. The molecule has 4 heteroatoms. The summed E-state index contributed by atoms with van der Waals surface area (Å²) in [6.07, 6.45) is 0. The summed E-state index contributed by atoms with van der Waals surface area (Å²) in [7, 11) is 0. The van der Waals surface area contributed by atoms with E-state index in [1.165, 1.54) is 17.7 Å². The Labute approximate surface area is 130 Å². The molecular weight excluding hydrogens is 283 g/mol. The van der Waals surface area contributed by atoms with Crippen LogP contribution >= 0.6 is 12.2 Å². The van der Waals surface area contributed by atoms with Crippen molar-refractivity contribution in [3.8, 4) is 0 Å². The largest absolute Gasteiger partial charge is 0.358 e. The first kappa shape index (κ1) is 15.4. The molecule has 21 heavy (non-hydrogen) atoms. The van der Waals surface area contributed by atoms with Gasteiger partial charge in [0.15, 0.2) is 5.11 Å². The number of rotatable bonds is 5. The van der Waals surface area contributed by atoms with Crippen LogP contribution in [0.25, 0.3) is 0 Å². The molecule has 0 fully saturated rings. The molecule has 2 aromatic carbocycles. The van der Waals surface area contributed by atoms with Gasteiger partial charge < -0.3 is 10.2 Å². The third-order valence-electron chi connectivity index (χ3n) is 3.24. The zero-order valence-electron chi connectivity index (χ0n) is 12.1. The quantitative estimate of drug-likeness (QED) is 0.847. The SMILES string of the molecule is CCN(Cc1ccccc1)C(=S)NCc1ccc(F)cc1. The van der Waals surface area contributed by atoms with Gasteiger partial charge in [0.05, 0.1) is 0 Å². The van der Waals surface area contributed by atoms with Crippen molar-refractivity contribution in [3.05, 3.63) is 71.5 Å². The van der Waals surface area contributed by atoms with E-state index in [1.807, 2.05) is 18.2 Å². The molecule has 0 unspecified atom stereocenters.